The number of ether oxygens (including phenoxy) is 1. The minimum Gasteiger partial charge on any atom is -0.490 e. The van der Waals surface area contributed by atoms with Gasteiger partial charge in [-0.15, -0.1) is 6.58 Å². The lowest BCUT2D eigenvalue weighted by molar-refractivity contribution is 0.160. The second-order valence-electron chi connectivity index (χ2n) is 8.34. The van der Waals surface area contributed by atoms with Gasteiger partial charge >= 0.3 is 0 Å². The first-order valence-electron chi connectivity index (χ1n) is 11.1. The second-order valence-corrected chi connectivity index (χ2v) is 8.34. The van der Waals surface area contributed by atoms with Gasteiger partial charge in [0.1, 0.15) is 0 Å². The molecular formula is C26H31F3O2. The standard InChI is InChI=1S/C26H31F3O2/c1-3-5-15-31-24-14-11-19(16-22(24)27)17-7-9-18(10-8-17)20-12-13-21(23(30)6-4-2)26(29)25(20)28/h3,11-14,16-18,23,30H,1,4-10,15H2,2H3. The van der Waals surface area contributed by atoms with E-state index in [1.54, 1.807) is 18.2 Å². The minimum absolute atomic E-state index is 0.0302. The molecule has 0 spiro atoms. The maximum Gasteiger partial charge on any atom is 0.165 e. The van der Waals surface area contributed by atoms with Gasteiger partial charge in [0, 0.05) is 5.56 Å². The topological polar surface area (TPSA) is 29.5 Å². The first kappa shape index (κ1) is 23.4. The Balaban J connectivity index is 1.65. The van der Waals surface area contributed by atoms with E-state index in [0.29, 0.717) is 44.3 Å². The van der Waals surface area contributed by atoms with Gasteiger partial charge in [-0.3, -0.25) is 0 Å². The predicted octanol–water partition coefficient (Wildman–Crippen LogP) is 7.33. The van der Waals surface area contributed by atoms with Crippen molar-refractivity contribution in [2.24, 2.45) is 0 Å². The summed E-state index contributed by atoms with van der Waals surface area (Å²) < 4.78 is 49.1. The molecule has 168 valence electrons. The fraction of sp³-hybridized carbons (Fsp3) is 0.462. The molecule has 2 aromatic carbocycles. The van der Waals surface area contributed by atoms with Crippen molar-refractivity contribution in [2.45, 2.75) is 69.8 Å². The summed E-state index contributed by atoms with van der Waals surface area (Å²) >= 11 is 0. The molecule has 3 rings (SSSR count). The molecule has 1 aliphatic rings. The molecule has 1 N–H and O–H groups in total. The molecule has 2 aromatic rings. The highest BCUT2D eigenvalue weighted by Gasteiger charge is 2.28. The van der Waals surface area contributed by atoms with E-state index in [1.807, 2.05) is 13.0 Å². The van der Waals surface area contributed by atoms with Gasteiger partial charge in [-0.05, 0) is 73.6 Å². The lowest BCUT2D eigenvalue weighted by atomic mass is 9.76. The van der Waals surface area contributed by atoms with Crippen LogP contribution in [0, 0.1) is 17.5 Å². The number of halogens is 3. The van der Waals surface area contributed by atoms with E-state index in [-0.39, 0.29) is 29.0 Å². The van der Waals surface area contributed by atoms with E-state index in [2.05, 4.69) is 6.58 Å². The summed E-state index contributed by atoms with van der Waals surface area (Å²) in [5.41, 5.74) is 1.32. The largest absolute Gasteiger partial charge is 0.490 e. The van der Waals surface area contributed by atoms with Gasteiger partial charge in [0.2, 0.25) is 0 Å². The zero-order valence-electron chi connectivity index (χ0n) is 18.0. The van der Waals surface area contributed by atoms with E-state index in [0.717, 1.165) is 18.4 Å². The van der Waals surface area contributed by atoms with Gasteiger partial charge in [-0.25, -0.2) is 13.2 Å². The van der Waals surface area contributed by atoms with Crippen LogP contribution in [0.15, 0.2) is 43.0 Å². The summed E-state index contributed by atoms with van der Waals surface area (Å²) in [7, 11) is 0. The van der Waals surface area contributed by atoms with Crippen LogP contribution < -0.4 is 4.74 Å². The van der Waals surface area contributed by atoms with Crippen LogP contribution in [0.5, 0.6) is 5.75 Å². The molecular weight excluding hydrogens is 401 g/mol. The first-order chi connectivity index (χ1) is 15.0. The zero-order chi connectivity index (χ0) is 22.4. The van der Waals surface area contributed by atoms with Crippen molar-refractivity contribution in [3.05, 3.63) is 77.1 Å². The third-order valence-electron chi connectivity index (χ3n) is 6.24. The van der Waals surface area contributed by atoms with Crippen molar-refractivity contribution >= 4 is 0 Å². The fourth-order valence-electron chi connectivity index (χ4n) is 4.46. The number of benzene rings is 2. The predicted molar refractivity (Wildman–Crippen MR) is 117 cm³/mol. The molecule has 0 aromatic heterocycles. The molecule has 0 aliphatic heterocycles. The number of rotatable bonds is 9. The van der Waals surface area contributed by atoms with Crippen LogP contribution in [-0.2, 0) is 0 Å². The summed E-state index contributed by atoms with van der Waals surface area (Å²) in [6.45, 7) is 5.90. The van der Waals surface area contributed by atoms with Crippen LogP contribution in [0.25, 0.3) is 0 Å². The molecule has 0 bridgehead atoms. The summed E-state index contributed by atoms with van der Waals surface area (Å²) in [5, 5.41) is 10.0. The van der Waals surface area contributed by atoms with E-state index in [1.165, 1.54) is 12.1 Å². The number of aliphatic hydroxyl groups is 1. The maximum atomic E-state index is 14.7. The molecule has 1 aliphatic carbocycles. The van der Waals surface area contributed by atoms with Gasteiger partial charge < -0.3 is 9.84 Å². The Morgan fingerprint density at radius 3 is 2.42 bits per heavy atom. The van der Waals surface area contributed by atoms with E-state index >= 15 is 0 Å². The number of hydrogen-bond acceptors (Lipinski definition) is 2. The summed E-state index contributed by atoms with van der Waals surface area (Å²) in [6, 6.07) is 8.21. The van der Waals surface area contributed by atoms with E-state index < -0.39 is 17.7 Å². The Bertz CT molecular complexity index is 888. The van der Waals surface area contributed by atoms with Gasteiger partial charge in [0.05, 0.1) is 12.7 Å². The molecule has 1 saturated carbocycles. The molecule has 0 heterocycles. The van der Waals surface area contributed by atoms with Crippen LogP contribution >= 0.6 is 0 Å². The molecule has 1 atom stereocenters. The third-order valence-corrected chi connectivity index (χ3v) is 6.24. The molecule has 5 heteroatoms. The molecule has 31 heavy (non-hydrogen) atoms. The fourth-order valence-corrected chi connectivity index (χ4v) is 4.46. The quantitative estimate of drug-likeness (QED) is 0.332. The minimum atomic E-state index is -0.983. The van der Waals surface area contributed by atoms with Crippen LogP contribution in [-0.4, -0.2) is 11.7 Å². The van der Waals surface area contributed by atoms with Crippen molar-refractivity contribution < 1.29 is 23.0 Å². The lowest BCUT2D eigenvalue weighted by Gasteiger charge is -2.30. The van der Waals surface area contributed by atoms with E-state index in [9.17, 15) is 18.3 Å². The van der Waals surface area contributed by atoms with E-state index in [4.69, 9.17) is 4.74 Å². The van der Waals surface area contributed by atoms with Crippen LogP contribution in [0.4, 0.5) is 13.2 Å². The van der Waals surface area contributed by atoms with Crippen LogP contribution in [0.1, 0.15) is 86.5 Å². The third kappa shape index (κ3) is 5.51. The Hall–Kier alpha value is -2.27. The highest BCUT2D eigenvalue weighted by molar-refractivity contribution is 5.33. The average molecular weight is 433 g/mol. The zero-order valence-corrected chi connectivity index (χ0v) is 18.0. The molecule has 0 saturated heterocycles. The first-order valence-corrected chi connectivity index (χ1v) is 11.1. The summed E-state index contributed by atoms with van der Waals surface area (Å²) in [4.78, 5) is 0. The van der Waals surface area contributed by atoms with Crippen molar-refractivity contribution in [1.29, 1.82) is 0 Å². The van der Waals surface area contributed by atoms with Gasteiger partial charge in [-0.1, -0.05) is 37.6 Å². The highest BCUT2D eigenvalue weighted by Crippen LogP contribution is 2.42. The van der Waals surface area contributed by atoms with Crippen molar-refractivity contribution in [3.63, 3.8) is 0 Å². The monoisotopic (exact) mass is 432 g/mol. The average Bonchev–Trinajstić information content (AvgIpc) is 2.77. The normalized spacial score (nSPS) is 19.8. The lowest BCUT2D eigenvalue weighted by Crippen LogP contribution is -2.15. The molecule has 1 unspecified atom stereocenters. The maximum absolute atomic E-state index is 14.7. The van der Waals surface area contributed by atoms with Gasteiger partial charge in [0.25, 0.3) is 0 Å². The van der Waals surface area contributed by atoms with Gasteiger partial charge in [0.15, 0.2) is 23.2 Å². The van der Waals surface area contributed by atoms with Crippen LogP contribution in [0.3, 0.4) is 0 Å². The van der Waals surface area contributed by atoms with Crippen LogP contribution in [0.2, 0.25) is 0 Å². The van der Waals surface area contributed by atoms with Crippen molar-refractivity contribution in [3.8, 4) is 5.75 Å². The molecule has 1 fully saturated rings. The summed E-state index contributed by atoms with van der Waals surface area (Å²) in [5.74, 6) is -1.81. The Kier molecular flexibility index (Phi) is 8.19. The highest BCUT2D eigenvalue weighted by atomic mass is 19.2. The molecule has 2 nitrogen and oxygen atoms in total. The molecule has 0 amide bonds. The Morgan fingerprint density at radius 1 is 1.06 bits per heavy atom. The number of hydrogen-bond donors (Lipinski definition) is 1. The Labute approximate surface area is 182 Å². The number of aliphatic hydroxyl groups excluding tert-OH is 1. The smallest absolute Gasteiger partial charge is 0.165 e. The molecule has 0 radical (unpaired) electrons. The van der Waals surface area contributed by atoms with Crippen molar-refractivity contribution in [1.82, 2.24) is 0 Å². The summed E-state index contributed by atoms with van der Waals surface area (Å²) in [6.07, 6.45) is 5.45. The van der Waals surface area contributed by atoms with Gasteiger partial charge in [-0.2, -0.15) is 0 Å². The van der Waals surface area contributed by atoms with Crippen molar-refractivity contribution in [2.75, 3.05) is 6.61 Å². The Morgan fingerprint density at radius 2 is 1.77 bits per heavy atom. The SMILES string of the molecule is C=CCCOc1ccc(C2CCC(c3ccc(C(O)CCC)c(F)c3F)CC2)cc1F. The second kappa shape index (κ2) is 10.9.